The minimum Gasteiger partial charge on any atom is -0.378 e. The van der Waals surface area contributed by atoms with Gasteiger partial charge in [-0.3, -0.25) is 11.3 Å². The maximum atomic E-state index is 13.7. The number of rotatable bonds is 5. The molecule has 1 heterocycles. The molecule has 0 aromatic heterocycles. The van der Waals surface area contributed by atoms with Gasteiger partial charge in [-0.25, -0.2) is 8.78 Å². The molecule has 0 radical (unpaired) electrons. The first-order valence-electron chi connectivity index (χ1n) is 6.68. The molecule has 0 bridgehead atoms. The van der Waals surface area contributed by atoms with Crippen molar-refractivity contribution in [2.75, 3.05) is 6.61 Å². The number of halogens is 2. The lowest BCUT2D eigenvalue weighted by Crippen LogP contribution is -2.45. The second-order valence-corrected chi connectivity index (χ2v) is 4.95. The Hall–Kier alpha value is -1.04. The Morgan fingerprint density at radius 1 is 1.42 bits per heavy atom. The summed E-state index contributed by atoms with van der Waals surface area (Å²) < 4.78 is 33.0. The molecule has 1 aliphatic heterocycles. The molecule has 5 heteroatoms. The lowest BCUT2D eigenvalue weighted by Gasteiger charge is -2.26. The molecule has 3 unspecified atom stereocenters. The molecular formula is C14H20F2N2O. The molecule has 0 aliphatic carbocycles. The molecule has 1 fully saturated rings. The summed E-state index contributed by atoms with van der Waals surface area (Å²) in [6.45, 7) is 2.72. The molecule has 1 aromatic carbocycles. The Kier molecular flexibility index (Phi) is 4.85. The minimum atomic E-state index is -0.521. The van der Waals surface area contributed by atoms with Crippen LogP contribution in [-0.2, 0) is 11.2 Å². The van der Waals surface area contributed by atoms with Gasteiger partial charge in [-0.05, 0) is 31.4 Å². The second kappa shape index (κ2) is 6.41. The molecule has 0 spiro atoms. The van der Waals surface area contributed by atoms with Gasteiger partial charge >= 0.3 is 0 Å². The zero-order valence-corrected chi connectivity index (χ0v) is 11.0. The van der Waals surface area contributed by atoms with Crippen molar-refractivity contribution in [2.24, 2.45) is 11.8 Å². The number of hydrogen-bond acceptors (Lipinski definition) is 3. The molecule has 1 aromatic rings. The van der Waals surface area contributed by atoms with Crippen molar-refractivity contribution in [3.63, 3.8) is 0 Å². The maximum absolute atomic E-state index is 13.7. The van der Waals surface area contributed by atoms with E-state index >= 15 is 0 Å². The molecule has 1 aliphatic rings. The van der Waals surface area contributed by atoms with E-state index in [0.717, 1.165) is 12.8 Å². The normalized spacial score (nSPS) is 24.6. The summed E-state index contributed by atoms with van der Waals surface area (Å²) in [7, 11) is 0. The van der Waals surface area contributed by atoms with Gasteiger partial charge < -0.3 is 4.74 Å². The highest BCUT2D eigenvalue weighted by molar-refractivity contribution is 5.21. The van der Waals surface area contributed by atoms with E-state index in [4.69, 9.17) is 10.6 Å². The van der Waals surface area contributed by atoms with Gasteiger partial charge in [-0.2, -0.15) is 0 Å². The summed E-state index contributed by atoms with van der Waals surface area (Å²) in [4.78, 5) is 0. The van der Waals surface area contributed by atoms with Gasteiger partial charge in [0.15, 0.2) is 0 Å². The van der Waals surface area contributed by atoms with E-state index in [2.05, 4.69) is 5.43 Å². The van der Waals surface area contributed by atoms with Gasteiger partial charge in [-0.15, -0.1) is 0 Å². The lowest BCUT2D eigenvalue weighted by atomic mass is 9.87. The summed E-state index contributed by atoms with van der Waals surface area (Å²) in [5.74, 6) is 4.71. The summed E-state index contributed by atoms with van der Waals surface area (Å²) in [6, 6.07) is 3.73. The molecule has 3 atom stereocenters. The topological polar surface area (TPSA) is 47.3 Å². The predicted octanol–water partition coefficient (Wildman–Crippen LogP) is 2.15. The third-order valence-corrected chi connectivity index (χ3v) is 3.88. The average molecular weight is 270 g/mol. The first-order valence-corrected chi connectivity index (χ1v) is 6.68. The van der Waals surface area contributed by atoms with Crippen molar-refractivity contribution < 1.29 is 13.5 Å². The first kappa shape index (κ1) is 14.4. The van der Waals surface area contributed by atoms with Gasteiger partial charge in [-0.1, -0.05) is 13.0 Å². The average Bonchev–Trinajstić information content (AvgIpc) is 2.87. The fraction of sp³-hybridized carbons (Fsp3) is 0.571. The van der Waals surface area contributed by atoms with Gasteiger partial charge in [0.05, 0.1) is 6.10 Å². The summed E-state index contributed by atoms with van der Waals surface area (Å²) in [6.07, 6.45) is 2.09. The van der Waals surface area contributed by atoms with Crippen LogP contribution in [0, 0.1) is 17.6 Å². The fourth-order valence-corrected chi connectivity index (χ4v) is 2.83. The fourth-order valence-electron chi connectivity index (χ4n) is 2.83. The minimum absolute atomic E-state index is 0.0900. The van der Waals surface area contributed by atoms with Crippen LogP contribution < -0.4 is 11.3 Å². The third kappa shape index (κ3) is 3.11. The summed E-state index contributed by atoms with van der Waals surface area (Å²) in [5, 5.41) is 0. The molecule has 0 saturated carbocycles. The van der Waals surface area contributed by atoms with E-state index in [0.29, 0.717) is 6.61 Å². The van der Waals surface area contributed by atoms with Crippen LogP contribution in [0.1, 0.15) is 25.3 Å². The highest BCUT2D eigenvalue weighted by atomic mass is 19.1. The molecular weight excluding hydrogens is 250 g/mol. The number of ether oxygens (including phenoxy) is 1. The summed E-state index contributed by atoms with van der Waals surface area (Å²) >= 11 is 0. The SMILES string of the molecule is CCC1OCCC1C(Cc1c(F)cccc1F)NN. The Bertz CT molecular complexity index is 408. The quantitative estimate of drug-likeness (QED) is 0.636. The van der Waals surface area contributed by atoms with Crippen LogP contribution in [0.5, 0.6) is 0 Å². The van der Waals surface area contributed by atoms with Crippen LogP contribution in [0.4, 0.5) is 8.78 Å². The second-order valence-electron chi connectivity index (χ2n) is 4.95. The number of hydrogen-bond donors (Lipinski definition) is 2. The van der Waals surface area contributed by atoms with E-state index in [1.165, 1.54) is 18.2 Å². The van der Waals surface area contributed by atoms with E-state index in [9.17, 15) is 8.78 Å². The zero-order valence-electron chi connectivity index (χ0n) is 11.0. The van der Waals surface area contributed by atoms with E-state index in [1.54, 1.807) is 0 Å². The first-order chi connectivity index (χ1) is 9.17. The van der Waals surface area contributed by atoms with Crippen molar-refractivity contribution in [1.29, 1.82) is 0 Å². The summed E-state index contributed by atoms with van der Waals surface area (Å²) in [5.41, 5.74) is 2.79. The van der Waals surface area contributed by atoms with Crippen LogP contribution in [0.25, 0.3) is 0 Å². The highest BCUT2D eigenvalue weighted by Gasteiger charge is 2.34. The van der Waals surface area contributed by atoms with Crippen molar-refractivity contribution in [3.05, 3.63) is 35.4 Å². The monoisotopic (exact) mass is 270 g/mol. The third-order valence-electron chi connectivity index (χ3n) is 3.88. The Balaban J connectivity index is 2.15. The number of hydrazine groups is 1. The Labute approximate surface area is 112 Å². The zero-order chi connectivity index (χ0) is 13.8. The van der Waals surface area contributed by atoms with Gasteiger partial charge in [0, 0.05) is 24.1 Å². The molecule has 1 saturated heterocycles. The van der Waals surface area contributed by atoms with E-state index in [1.807, 2.05) is 6.92 Å². The van der Waals surface area contributed by atoms with Crippen LogP contribution in [0.3, 0.4) is 0 Å². The van der Waals surface area contributed by atoms with Crippen LogP contribution in [0.2, 0.25) is 0 Å². The molecule has 3 nitrogen and oxygen atoms in total. The number of benzene rings is 1. The maximum Gasteiger partial charge on any atom is 0.129 e. The smallest absolute Gasteiger partial charge is 0.129 e. The van der Waals surface area contributed by atoms with Gasteiger partial charge in [0.25, 0.3) is 0 Å². The van der Waals surface area contributed by atoms with Crippen LogP contribution in [-0.4, -0.2) is 18.8 Å². The highest BCUT2D eigenvalue weighted by Crippen LogP contribution is 2.28. The van der Waals surface area contributed by atoms with E-state index < -0.39 is 11.6 Å². The van der Waals surface area contributed by atoms with Crippen molar-refractivity contribution >= 4 is 0 Å². The number of nitrogens with two attached hydrogens (primary N) is 1. The largest absolute Gasteiger partial charge is 0.378 e. The van der Waals surface area contributed by atoms with Crippen LogP contribution >= 0.6 is 0 Å². The van der Waals surface area contributed by atoms with Gasteiger partial charge in [0.2, 0.25) is 0 Å². The molecule has 106 valence electrons. The predicted molar refractivity (Wildman–Crippen MR) is 69.3 cm³/mol. The van der Waals surface area contributed by atoms with Crippen molar-refractivity contribution in [1.82, 2.24) is 5.43 Å². The van der Waals surface area contributed by atoms with Crippen molar-refractivity contribution in [2.45, 2.75) is 38.3 Å². The lowest BCUT2D eigenvalue weighted by molar-refractivity contribution is 0.0772. The standard InChI is InChI=1S/C14H20F2N2O/c1-2-14-9(6-7-19-14)13(18-17)8-10-11(15)4-3-5-12(10)16/h3-5,9,13-14,18H,2,6-8,17H2,1H3. The molecule has 0 amide bonds. The molecule has 3 N–H and O–H groups in total. The Morgan fingerprint density at radius 2 is 2.11 bits per heavy atom. The van der Waals surface area contributed by atoms with Crippen LogP contribution in [0.15, 0.2) is 18.2 Å². The van der Waals surface area contributed by atoms with E-state index in [-0.39, 0.29) is 30.0 Å². The van der Waals surface area contributed by atoms with Gasteiger partial charge in [0.1, 0.15) is 11.6 Å². The van der Waals surface area contributed by atoms with Crippen molar-refractivity contribution in [3.8, 4) is 0 Å². The number of nitrogens with one attached hydrogen (secondary N) is 1. The molecule has 19 heavy (non-hydrogen) atoms. The Morgan fingerprint density at radius 3 is 2.68 bits per heavy atom. The molecule has 2 rings (SSSR count).